The van der Waals surface area contributed by atoms with E-state index in [-0.39, 0.29) is 0 Å². The maximum absolute atomic E-state index is 12.5. The molecule has 1 fully saturated rings. The van der Waals surface area contributed by atoms with Gasteiger partial charge in [-0.15, -0.1) is 11.3 Å². The Morgan fingerprint density at radius 3 is 2.52 bits per heavy atom. The Hall–Kier alpha value is -1.41. The maximum atomic E-state index is 12.5. The average molecular weight is 381 g/mol. The van der Waals surface area contributed by atoms with Crippen LogP contribution in [-0.2, 0) is 16.4 Å². The molecule has 1 saturated heterocycles. The summed E-state index contributed by atoms with van der Waals surface area (Å²) in [7, 11) is -1.61. The van der Waals surface area contributed by atoms with Gasteiger partial charge in [0.2, 0.25) is 0 Å². The van der Waals surface area contributed by atoms with Crippen LogP contribution in [0.5, 0.6) is 5.75 Å². The Bertz CT molecular complexity index is 767. The predicted molar refractivity (Wildman–Crippen MR) is 101 cm³/mol. The normalized spacial score (nSPS) is 16.8. The molecule has 0 spiro atoms. The molecule has 0 unspecified atom stereocenters. The number of thiophene rings is 1. The number of ether oxygens (including phenoxy) is 1. The van der Waals surface area contributed by atoms with Crippen molar-refractivity contribution < 1.29 is 13.2 Å². The fourth-order valence-corrected chi connectivity index (χ4v) is 5.70. The molecule has 2 aromatic rings. The lowest BCUT2D eigenvalue weighted by Gasteiger charge is -2.33. The number of piperazine rings is 1. The van der Waals surface area contributed by atoms with E-state index in [4.69, 9.17) is 4.74 Å². The summed E-state index contributed by atoms with van der Waals surface area (Å²) in [5, 5.41) is 1.81. The number of sulfonamides is 1. The number of hydrogen-bond donors (Lipinski definition) is 0. The predicted octanol–water partition coefficient (Wildman–Crippen LogP) is 2.70. The second-order valence-corrected chi connectivity index (χ2v) is 9.21. The molecule has 1 aliphatic rings. The van der Waals surface area contributed by atoms with Crippen molar-refractivity contribution in [3.8, 4) is 5.75 Å². The van der Waals surface area contributed by atoms with E-state index in [0.717, 1.165) is 38.2 Å². The summed E-state index contributed by atoms with van der Waals surface area (Å²) >= 11 is 1.28. The van der Waals surface area contributed by atoms with Crippen molar-refractivity contribution in [2.75, 3.05) is 39.8 Å². The van der Waals surface area contributed by atoms with Crippen LogP contribution in [0.15, 0.2) is 46.0 Å². The topological polar surface area (TPSA) is 49.9 Å². The quantitative estimate of drug-likeness (QED) is 0.741. The zero-order valence-corrected chi connectivity index (χ0v) is 16.1. The highest BCUT2D eigenvalue weighted by atomic mass is 32.2. The molecule has 0 aliphatic carbocycles. The highest BCUT2D eigenvalue weighted by Crippen LogP contribution is 2.22. The summed E-state index contributed by atoms with van der Waals surface area (Å²) < 4.78 is 32.5. The first-order valence-electron chi connectivity index (χ1n) is 8.49. The van der Waals surface area contributed by atoms with Crippen molar-refractivity contribution >= 4 is 21.4 Å². The van der Waals surface area contributed by atoms with Crippen molar-refractivity contribution in [2.45, 2.75) is 17.1 Å². The monoisotopic (exact) mass is 380 g/mol. The molecule has 3 rings (SSSR count). The van der Waals surface area contributed by atoms with Crippen LogP contribution in [-0.4, -0.2) is 57.5 Å². The van der Waals surface area contributed by atoms with Crippen LogP contribution < -0.4 is 4.74 Å². The molecule has 1 aromatic carbocycles. The molecule has 0 saturated carbocycles. The number of para-hydroxylation sites is 1. The molecule has 1 aromatic heterocycles. The van der Waals surface area contributed by atoms with Crippen LogP contribution in [0.4, 0.5) is 0 Å². The van der Waals surface area contributed by atoms with Crippen molar-refractivity contribution in [1.29, 1.82) is 0 Å². The van der Waals surface area contributed by atoms with Crippen molar-refractivity contribution in [3.63, 3.8) is 0 Å². The number of rotatable bonds is 7. The molecule has 5 nitrogen and oxygen atoms in total. The van der Waals surface area contributed by atoms with Gasteiger partial charge in [-0.25, -0.2) is 8.42 Å². The molecule has 7 heteroatoms. The van der Waals surface area contributed by atoms with Gasteiger partial charge in [-0.1, -0.05) is 24.3 Å². The van der Waals surface area contributed by atoms with E-state index in [1.54, 1.807) is 28.9 Å². The Kier molecular flexibility index (Phi) is 6.11. The van der Waals surface area contributed by atoms with Crippen molar-refractivity contribution in [1.82, 2.24) is 9.21 Å². The molecule has 136 valence electrons. The average Bonchev–Trinajstić information content (AvgIpc) is 3.18. The van der Waals surface area contributed by atoms with Gasteiger partial charge in [0.25, 0.3) is 10.0 Å². The number of hydrogen-bond acceptors (Lipinski definition) is 5. The Morgan fingerprint density at radius 2 is 1.84 bits per heavy atom. The molecular formula is C18H24N2O3S2. The van der Waals surface area contributed by atoms with Crippen LogP contribution in [0.3, 0.4) is 0 Å². The van der Waals surface area contributed by atoms with Crippen molar-refractivity contribution in [3.05, 3.63) is 47.3 Å². The van der Waals surface area contributed by atoms with Crippen LogP contribution in [0.1, 0.15) is 12.0 Å². The minimum Gasteiger partial charge on any atom is -0.496 e. The van der Waals surface area contributed by atoms with E-state index in [1.807, 2.05) is 18.2 Å². The van der Waals surface area contributed by atoms with Gasteiger partial charge in [0, 0.05) is 26.2 Å². The fraction of sp³-hybridized carbons (Fsp3) is 0.444. The third-order valence-corrected chi connectivity index (χ3v) is 7.81. The maximum Gasteiger partial charge on any atom is 0.252 e. The summed E-state index contributed by atoms with van der Waals surface area (Å²) in [5.74, 6) is 0.939. The number of aryl methyl sites for hydroxylation is 1. The second-order valence-electron chi connectivity index (χ2n) is 6.09. The molecule has 0 N–H and O–H groups in total. The molecule has 0 bridgehead atoms. The van der Waals surface area contributed by atoms with E-state index >= 15 is 0 Å². The molecule has 0 radical (unpaired) electrons. The van der Waals surface area contributed by atoms with Crippen molar-refractivity contribution in [2.24, 2.45) is 0 Å². The summed E-state index contributed by atoms with van der Waals surface area (Å²) in [6.07, 6.45) is 2.01. The minimum absolute atomic E-state index is 0.442. The Balaban J connectivity index is 1.47. The van der Waals surface area contributed by atoms with Crippen LogP contribution in [0.2, 0.25) is 0 Å². The molecule has 0 amide bonds. The SMILES string of the molecule is COc1ccccc1CCCN1CCN(S(=O)(=O)c2cccs2)CC1. The molecular weight excluding hydrogens is 356 g/mol. The third kappa shape index (κ3) is 4.41. The van der Waals surface area contributed by atoms with E-state index in [1.165, 1.54) is 16.9 Å². The number of benzene rings is 1. The van der Waals surface area contributed by atoms with Gasteiger partial charge in [0.15, 0.2) is 0 Å². The van der Waals surface area contributed by atoms with Gasteiger partial charge in [0.05, 0.1) is 7.11 Å². The van der Waals surface area contributed by atoms with E-state index in [2.05, 4.69) is 11.0 Å². The van der Waals surface area contributed by atoms with E-state index < -0.39 is 10.0 Å². The van der Waals surface area contributed by atoms with Gasteiger partial charge in [-0.2, -0.15) is 4.31 Å². The third-order valence-electron chi connectivity index (χ3n) is 4.53. The first-order valence-corrected chi connectivity index (χ1v) is 10.8. The summed E-state index contributed by atoms with van der Waals surface area (Å²) in [6, 6.07) is 11.6. The number of methoxy groups -OCH3 is 1. The standard InChI is InChI=1S/C18H24N2O3S2/c1-23-17-8-3-2-6-16(17)7-4-10-19-11-13-20(14-12-19)25(21,22)18-9-5-15-24-18/h2-3,5-6,8-9,15H,4,7,10-14H2,1H3. The summed E-state index contributed by atoms with van der Waals surface area (Å²) in [4.78, 5) is 2.34. The Morgan fingerprint density at radius 1 is 1.08 bits per heavy atom. The molecule has 1 aliphatic heterocycles. The second kappa shape index (κ2) is 8.31. The number of nitrogens with zero attached hydrogens (tertiary/aromatic N) is 2. The van der Waals surface area contributed by atoms with E-state index in [9.17, 15) is 8.42 Å². The first kappa shape index (κ1) is 18.4. The van der Waals surface area contributed by atoms with Gasteiger partial charge in [-0.05, 0) is 42.5 Å². The lowest BCUT2D eigenvalue weighted by molar-refractivity contribution is 0.187. The Labute approximate surface area is 153 Å². The minimum atomic E-state index is -3.31. The molecule has 2 heterocycles. The van der Waals surface area contributed by atoms with Crippen LogP contribution in [0, 0.1) is 0 Å². The molecule has 25 heavy (non-hydrogen) atoms. The van der Waals surface area contributed by atoms with Gasteiger partial charge < -0.3 is 9.64 Å². The lowest BCUT2D eigenvalue weighted by Crippen LogP contribution is -2.48. The lowest BCUT2D eigenvalue weighted by atomic mass is 10.1. The summed E-state index contributed by atoms with van der Waals surface area (Å²) in [5.41, 5.74) is 1.23. The van der Waals surface area contributed by atoms with Gasteiger partial charge in [0.1, 0.15) is 9.96 Å². The first-order chi connectivity index (χ1) is 12.1. The highest BCUT2D eigenvalue weighted by molar-refractivity contribution is 7.91. The van der Waals surface area contributed by atoms with Gasteiger partial charge in [-0.3, -0.25) is 0 Å². The van der Waals surface area contributed by atoms with E-state index in [0.29, 0.717) is 17.3 Å². The van der Waals surface area contributed by atoms with Crippen LogP contribution in [0.25, 0.3) is 0 Å². The largest absolute Gasteiger partial charge is 0.496 e. The fourth-order valence-electron chi connectivity index (χ4n) is 3.13. The smallest absolute Gasteiger partial charge is 0.252 e. The zero-order chi connectivity index (χ0) is 17.7. The summed E-state index contributed by atoms with van der Waals surface area (Å²) in [6.45, 7) is 3.68. The highest BCUT2D eigenvalue weighted by Gasteiger charge is 2.28. The van der Waals surface area contributed by atoms with Crippen LogP contribution >= 0.6 is 11.3 Å². The molecule has 0 atom stereocenters. The zero-order valence-electron chi connectivity index (χ0n) is 14.4. The van der Waals surface area contributed by atoms with Gasteiger partial charge >= 0.3 is 0 Å².